The first kappa shape index (κ1) is 25.1. The fourth-order valence-electron chi connectivity index (χ4n) is 5.35. The standard InChI is InChI=1S/C34H37NO2/c1-4-26-10-19-32-29(24-26)8-7-9-33(32)34(28-13-15-30(36-3)16-14-28)25(2)27-11-17-31(18-12-27)37-23-22-35-20-5-6-21-35/h7-19,24H,4-6,20-23H2,1-3H3/b34-25+. The number of rotatable bonds is 9. The highest BCUT2D eigenvalue weighted by atomic mass is 16.5. The zero-order chi connectivity index (χ0) is 25.6. The van der Waals surface area contributed by atoms with Gasteiger partial charge in [-0.15, -0.1) is 0 Å². The molecule has 4 aromatic carbocycles. The van der Waals surface area contributed by atoms with Crippen LogP contribution in [0.4, 0.5) is 0 Å². The highest BCUT2D eigenvalue weighted by Crippen LogP contribution is 2.37. The van der Waals surface area contributed by atoms with Crippen LogP contribution in [0, 0.1) is 0 Å². The molecule has 1 saturated heterocycles. The lowest BCUT2D eigenvalue weighted by atomic mass is 9.87. The molecule has 0 N–H and O–H groups in total. The van der Waals surface area contributed by atoms with E-state index in [0.29, 0.717) is 0 Å². The van der Waals surface area contributed by atoms with E-state index in [0.717, 1.165) is 31.1 Å². The van der Waals surface area contributed by atoms with Gasteiger partial charge in [0.15, 0.2) is 0 Å². The summed E-state index contributed by atoms with van der Waals surface area (Å²) in [4.78, 5) is 2.48. The highest BCUT2D eigenvalue weighted by Gasteiger charge is 2.15. The second kappa shape index (κ2) is 11.7. The Morgan fingerprint density at radius 2 is 1.51 bits per heavy atom. The Bertz CT molecular complexity index is 1360. The number of benzene rings is 4. The van der Waals surface area contributed by atoms with Gasteiger partial charge >= 0.3 is 0 Å². The van der Waals surface area contributed by atoms with E-state index in [1.165, 1.54) is 70.1 Å². The van der Waals surface area contributed by atoms with Crippen LogP contribution >= 0.6 is 0 Å². The summed E-state index contributed by atoms with van der Waals surface area (Å²) < 4.78 is 11.5. The minimum absolute atomic E-state index is 0.737. The number of fused-ring (bicyclic) bond motifs is 1. The Morgan fingerprint density at radius 1 is 0.811 bits per heavy atom. The van der Waals surface area contributed by atoms with Crippen LogP contribution in [0.5, 0.6) is 11.5 Å². The summed E-state index contributed by atoms with van der Waals surface area (Å²) in [5.41, 5.74) is 7.45. The molecule has 5 rings (SSSR count). The van der Waals surface area contributed by atoms with E-state index in [4.69, 9.17) is 9.47 Å². The van der Waals surface area contributed by atoms with Gasteiger partial charge in [0.05, 0.1) is 7.11 Å². The molecule has 1 fully saturated rings. The van der Waals surface area contributed by atoms with Crippen LogP contribution in [0.15, 0.2) is 84.9 Å². The maximum Gasteiger partial charge on any atom is 0.119 e. The van der Waals surface area contributed by atoms with Gasteiger partial charge in [0.25, 0.3) is 0 Å². The Balaban J connectivity index is 1.51. The number of hydrogen-bond donors (Lipinski definition) is 0. The summed E-state index contributed by atoms with van der Waals surface area (Å²) in [5, 5.41) is 2.55. The van der Waals surface area contributed by atoms with Crippen molar-refractivity contribution in [1.29, 1.82) is 0 Å². The van der Waals surface area contributed by atoms with E-state index in [2.05, 4.69) is 91.5 Å². The molecule has 0 atom stereocenters. The van der Waals surface area contributed by atoms with E-state index in [-0.39, 0.29) is 0 Å². The number of aryl methyl sites for hydroxylation is 1. The molecule has 190 valence electrons. The van der Waals surface area contributed by atoms with Crippen molar-refractivity contribution in [3.63, 3.8) is 0 Å². The van der Waals surface area contributed by atoms with Crippen molar-refractivity contribution in [1.82, 2.24) is 4.90 Å². The van der Waals surface area contributed by atoms with Crippen molar-refractivity contribution in [2.75, 3.05) is 33.4 Å². The lowest BCUT2D eigenvalue weighted by Crippen LogP contribution is -2.25. The molecule has 3 nitrogen and oxygen atoms in total. The smallest absolute Gasteiger partial charge is 0.119 e. The van der Waals surface area contributed by atoms with Crippen LogP contribution < -0.4 is 9.47 Å². The summed E-state index contributed by atoms with van der Waals surface area (Å²) >= 11 is 0. The van der Waals surface area contributed by atoms with E-state index in [1.807, 2.05) is 12.1 Å². The molecule has 0 aromatic heterocycles. The average molecular weight is 492 g/mol. The van der Waals surface area contributed by atoms with Gasteiger partial charge in [0, 0.05) is 6.54 Å². The van der Waals surface area contributed by atoms with Gasteiger partial charge in [0.2, 0.25) is 0 Å². The molecule has 3 heteroatoms. The van der Waals surface area contributed by atoms with Crippen molar-refractivity contribution in [2.45, 2.75) is 33.1 Å². The van der Waals surface area contributed by atoms with Gasteiger partial charge < -0.3 is 9.47 Å². The third-order valence-electron chi connectivity index (χ3n) is 7.54. The van der Waals surface area contributed by atoms with Crippen molar-refractivity contribution < 1.29 is 9.47 Å². The van der Waals surface area contributed by atoms with E-state index >= 15 is 0 Å². The molecule has 1 aliphatic heterocycles. The molecule has 1 heterocycles. The quantitative estimate of drug-likeness (QED) is 0.222. The van der Waals surface area contributed by atoms with Crippen molar-refractivity contribution in [3.05, 3.63) is 107 Å². The van der Waals surface area contributed by atoms with Crippen LogP contribution in [0.1, 0.15) is 48.9 Å². The summed E-state index contributed by atoms with van der Waals surface area (Å²) in [6, 6.07) is 30.4. The van der Waals surface area contributed by atoms with Crippen LogP contribution in [-0.2, 0) is 6.42 Å². The minimum atomic E-state index is 0.737. The van der Waals surface area contributed by atoms with E-state index in [1.54, 1.807) is 7.11 Å². The summed E-state index contributed by atoms with van der Waals surface area (Å²) in [5.74, 6) is 1.79. The molecule has 1 aliphatic rings. The molecule has 0 aliphatic carbocycles. The van der Waals surface area contributed by atoms with Gasteiger partial charge in [-0.3, -0.25) is 4.90 Å². The first-order valence-electron chi connectivity index (χ1n) is 13.5. The Kier molecular flexibility index (Phi) is 7.91. The number of ether oxygens (including phenoxy) is 2. The van der Waals surface area contributed by atoms with Crippen LogP contribution in [-0.4, -0.2) is 38.3 Å². The predicted octanol–water partition coefficient (Wildman–Crippen LogP) is 7.86. The first-order valence-corrected chi connectivity index (χ1v) is 13.5. The van der Waals surface area contributed by atoms with Crippen molar-refractivity contribution in [2.24, 2.45) is 0 Å². The van der Waals surface area contributed by atoms with Crippen LogP contribution in [0.3, 0.4) is 0 Å². The molecule has 0 amide bonds. The minimum Gasteiger partial charge on any atom is -0.497 e. The van der Waals surface area contributed by atoms with Gasteiger partial charge in [0.1, 0.15) is 18.1 Å². The number of hydrogen-bond acceptors (Lipinski definition) is 3. The SMILES string of the molecule is CCc1ccc2c(/C(=C(\C)c3ccc(OCCN4CCCC4)cc3)c3ccc(OC)cc3)cccc2c1. The fraction of sp³-hybridized carbons (Fsp3) is 0.294. The van der Waals surface area contributed by atoms with Gasteiger partial charge in [-0.05, 0) is 108 Å². The third kappa shape index (κ3) is 5.73. The maximum absolute atomic E-state index is 6.07. The number of methoxy groups -OCH3 is 1. The molecule has 0 spiro atoms. The lowest BCUT2D eigenvalue weighted by Gasteiger charge is -2.18. The number of allylic oxidation sites excluding steroid dienone is 1. The Morgan fingerprint density at radius 3 is 2.22 bits per heavy atom. The molecule has 0 bridgehead atoms. The van der Waals surface area contributed by atoms with Crippen molar-refractivity contribution in [3.8, 4) is 11.5 Å². The monoisotopic (exact) mass is 491 g/mol. The normalized spacial score (nSPS) is 14.6. The van der Waals surface area contributed by atoms with Crippen LogP contribution in [0.25, 0.3) is 21.9 Å². The maximum atomic E-state index is 6.07. The molecule has 0 radical (unpaired) electrons. The van der Waals surface area contributed by atoms with Crippen molar-refractivity contribution >= 4 is 21.9 Å². The molecule has 4 aromatic rings. The summed E-state index contributed by atoms with van der Waals surface area (Å²) in [7, 11) is 1.71. The summed E-state index contributed by atoms with van der Waals surface area (Å²) in [6.45, 7) is 8.58. The lowest BCUT2D eigenvalue weighted by molar-refractivity contribution is 0.238. The molecule has 37 heavy (non-hydrogen) atoms. The second-order valence-electron chi connectivity index (χ2n) is 9.86. The largest absolute Gasteiger partial charge is 0.497 e. The first-order chi connectivity index (χ1) is 18.2. The molecular weight excluding hydrogens is 454 g/mol. The van der Waals surface area contributed by atoms with E-state index in [9.17, 15) is 0 Å². The molecule has 0 unspecified atom stereocenters. The topological polar surface area (TPSA) is 21.7 Å². The van der Waals surface area contributed by atoms with Gasteiger partial charge in [-0.1, -0.05) is 67.6 Å². The Hall–Kier alpha value is -3.56. The predicted molar refractivity (Wildman–Crippen MR) is 156 cm³/mol. The Labute approximate surface area is 221 Å². The van der Waals surface area contributed by atoms with Crippen LogP contribution in [0.2, 0.25) is 0 Å². The molecule has 0 saturated carbocycles. The highest BCUT2D eigenvalue weighted by molar-refractivity contribution is 6.06. The zero-order valence-corrected chi connectivity index (χ0v) is 22.3. The molecular formula is C34H37NO2. The average Bonchev–Trinajstić information content (AvgIpc) is 3.47. The van der Waals surface area contributed by atoms with Gasteiger partial charge in [-0.2, -0.15) is 0 Å². The zero-order valence-electron chi connectivity index (χ0n) is 22.3. The number of nitrogens with zero attached hydrogens (tertiary/aromatic N) is 1. The second-order valence-corrected chi connectivity index (χ2v) is 9.86. The van der Waals surface area contributed by atoms with Gasteiger partial charge in [-0.25, -0.2) is 0 Å². The third-order valence-corrected chi connectivity index (χ3v) is 7.54. The van der Waals surface area contributed by atoms with E-state index < -0.39 is 0 Å². The fourth-order valence-corrected chi connectivity index (χ4v) is 5.35. The summed E-state index contributed by atoms with van der Waals surface area (Å²) in [6.07, 6.45) is 3.66. The number of likely N-dealkylation sites (tertiary alicyclic amines) is 1.